The number of rotatable bonds is 3. The van der Waals surface area contributed by atoms with E-state index in [2.05, 4.69) is 19.9 Å². The van der Waals surface area contributed by atoms with Gasteiger partial charge in [0.25, 0.3) is 0 Å². The SMILES string of the molecule is N/C=C1/C(N)C2(CCN(c3cnc(Sc4ccnc(N)c4Cl)cn3)CC2)CN1N. The van der Waals surface area contributed by atoms with Gasteiger partial charge < -0.3 is 27.1 Å². The number of nitrogens with two attached hydrogens (primary N) is 4. The molecule has 0 aromatic carbocycles. The zero-order valence-electron chi connectivity index (χ0n) is 15.8. The summed E-state index contributed by atoms with van der Waals surface area (Å²) >= 11 is 7.60. The second kappa shape index (κ2) is 7.86. The van der Waals surface area contributed by atoms with Crippen LogP contribution in [0.1, 0.15) is 12.8 Å². The maximum absolute atomic E-state index is 6.45. The van der Waals surface area contributed by atoms with E-state index in [0.29, 0.717) is 10.8 Å². The summed E-state index contributed by atoms with van der Waals surface area (Å²) in [6.07, 6.45) is 8.52. The molecule has 2 aliphatic heterocycles. The van der Waals surface area contributed by atoms with Crippen molar-refractivity contribution in [1.82, 2.24) is 20.0 Å². The number of aromatic nitrogens is 3. The number of pyridine rings is 1. The third-order valence-electron chi connectivity index (χ3n) is 5.76. The molecule has 1 unspecified atom stereocenters. The van der Waals surface area contributed by atoms with Crippen molar-refractivity contribution in [2.45, 2.75) is 28.8 Å². The molecule has 4 heterocycles. The Kier molecular flexibility index (Phi) is 5.43. The summed E-state index contributed by atoms with van der Waals surface area (Å²) in [5.74, 6) is 7.22. The Labute approximate surface area is 178 Å². The van der Waals surface area contributed by atoms with E-state index in [9.17, 15) is 0 Å². The van der Waals surface area contributed by atoms with E-state index in [1.54, 1.807) is 29.7 Å². The third kappa shape index (κ3) is 3.68. The van der Waals surface area contributed by atoms with Crippen molar-refractivity contribution >= 4 is 35.0 Å². The van der Waals surface area contributed by atoms with Gasteiger partial charge in [-0.1, -0.05) is 23.4 Å². The minimum Gasteiger partial charge on any atom is -0.403 e. The van der Waals surface area contributed by atoms with Crippen molar-refractivity contribution in [3.05, 3.63) is 41.6 Å². The molecule has 2 aliphatic rings. The number of hydrogen-bond donors (Lipinski definition) is 4. The molecule has 0 bridgehead atoms. The standard InChI is InChI=1S/C18H24ClN9S/c19-15-12(1-4-24-17(15)22)29-14-9-25-13(8-26-14)27-5-2-18(3-6-27)10-28(23)11(7-20)16(18)21/h1,4,7-9,16H,2-3,5-6,10,20-21,23H2,(H2,22,24)/b11-7-. The topological polar surface area (TPSA) is 149 Å². The van der Waals surface area contributed by atoms with Gasteiger partial charge in [0.05, 0.1) is 29.2 Å². The molecule has 1 spiro atoms. The lowest BCUT2D eigenvalue weighted by atomic mass is 9.74. The van der Waals surface area contributed by atoms with Crippen LogP contribution in [0.25, 0.3) is 0 Å². The highest BCUT2D eigenvalue weighted by Crippen LogP contribution is 2.43. The highest BCUT2D eigenvalue weighted by Gasteiger charge is 2.48. The van der Waals surface area contributed by atoms with Crippen molar-refractivity contribution < 1.29 is 0 Å². The fraction of sp³-hybridized carbons (Fsp3) is 0.389. The molecule has 0 aliphatic carbocycles. The van der Waals surface area contributed by atoms with E-state index in [4.69, 9.17) is 34.6 Å². The van der Waals surface area contributed by atoms with Crippen LogP contribution in [0, 0.1) is 5.41 Å². The van der Waals surface area contributed by atoms with Gasteiger partial charge in [-0.05, 0) is 18.9 Å². The Morgan fingerprint density at radius 2 is 1.97 bits per heavy atom. The minimum atomic E-state index is -0.137. The van der Waals surface area contributed by atoms with Gasteiger partial charge in [0.15, 0.2) is 0 Å². The minimum absolute atomic E-state index is 0.0439. The van der Waals surface area contributed by atoms with Gasteiger partial charge in [0.2, 0.25) is 0 Å². The van der Waals surface area contributed by atoms with Crippen molar-refractivity contribution in [3.63, 3.8) is 0 Å². The van der Waals surface area contributed by atoms with E-state index >= 15 is 0 Å². The molecule has 0 saturated carbocycles. The van der Waals surface area contributed by atoms with Crippen LogP contribution >= 0.6 is 23.4 Å². The molecule has 0 amide bonds. The molecule has 154 valence electrons. The maximum atomic E-state index is 6.45. The first-order chi connectivity index (χ1) is 13.9. The lowest BCUT2D eigenvalue weighted by Gasteiger charge is -2.41. The second-order valence-electron chi connectivity index (χ2n) is 7.37. The van der Waals surface area contributed by atoms with Crippen LogP contribution in [-0.2, 0) is 0 Å². The van der Waals surface area contributed by atoms with Crippen LogP contribution in [0.5, 0.6) is 0 Å². The Balaban J connectivity index is 1.42. The summed E-state index contributed by atoms with van der Waals surface area (Å²) < 4.78 is 0. The number of hydrazine groups is 1. The smallest absolute Gasteiger partial charge is 0.147 e. The van der Waals surface area contributed by atoms with Gasteiger partial charge in [0.1, 0.15) is 16.7 Å². The van der Waals surface area contributed by atoms with Gasteiger partial charge in [-0.3, -0.25) is 0 Å². The summed E-state index contributed by atoms with van der Waals surface area (Å²) in [5, 5.41) is 2.85. The van der Waals surface area contributed by atoms with Crippen LogP contribution in [-0.4, -0.2) is 45.6 Å². The van der Waals surface area contributed by atoms with Crippen molar-refractivity contribution in [2.75, 3.05) is 30.3 Å². The number of piperidine rings is 1. The van der Waals surface area contributed by atoms with Crippen LogP contribution in [0.2, 0.25) is 5.02 Å². The van der Waals surface area contributed by atoms with Gasteiger partial charge in [-0.15, -0.1) is 0 Å². The van der Waals surface area contributed by atoms with E-state index in [1.807, 2.05) is 0 Å². The van der Waals surface area contributed by atoms with Crippen LogP contribution in [0.4, 0.5) is 11.6 Å². The monoisotopic (exact) mass is 433 g/mol. The molecule has 2 saturated heterocycles. The normalized spacial score (nSPS) is 22.6. The zero-order valence-corrected chi connectivity index (χ0v) is 17.4. The lowest BCUT2D eigenvalue weighted by molar-refractivity contribution is 0.195. The Hall–Kier alpha value is -2.27. The van der Waals surface area contributed by atoms with Crippen LogP contribution in [0.15, 0.2) is 46.5 Å². The first kappa shape index (κ1) is 20.0. The molecule has 8 N–H and O–H groups in total. The molecule has 1 atom stereocenters. The predicted molar refractivity (Wildman–Crippen MR) is 115 cm³/mol. The summed E-state index contributed by atoms with van der Waals surface area (Å²) in [7, 11) is 0. The number of nitrogens with zero attached hydrogens (tertiary/aromatic N) is 5. The lowest BCUT2D eigenvalue weighted by Crippen LogP contribution is -2.49. The summed E-state index contributed by atoms with van der Waals surface area (Å²) in [4.78, 5) is 16.1. The van der Waals surface area contributed by atoms with Gasteiger partial charge in [-0.2, -0.15) is 0 Å². The van der Waals surface area contributed by atoms with Crippen LogP contribution < -0.4 is 27.9 Å². The first-order valence-corrected chi connectivity index (χ1v) is 10.5. The van der Waals surface area contributed by atoms with E-state index in [1.165, 1.54) is 18.0 Å². The zero-order chi connectivity index (χ0) is 20.6. The molecule has 11 heteroatoms. The van der Waals surface area contributed by atoms with Crippen molar-refractivity contribution in [1.29, 1.82) is 0 Å². The molecule has 9 nitrogen and oxygen atoms in total. The number of hydrogen-bond acceptors (Lipinski definition) is 10. The summed E-state index contributed by atoms with van der Waals surface area (Å²) in [5.41, 5.74) is 18.7. The fourth-order valence-corrected chi connectivity index (χ4v) is 5.02. The van der Waals surface area contributed by atoms with Gasteiger partial charge >= 0.3 is 0 Å². The number of anilines is 2. The molecule has 0 radical (unpaired) electrons. The summed E-state index contributed by atoms with van der Waals surface area (Å²) in [6, 6.07) is 1.67. The van der Waals surface area contributed by atoms with Crippen LogP contribution in [0.3, 0.4) is 0 Å². The van der Waals surface area contributed by atoms with E-state index in [-0.39, 0.29) is 11.5 Å². The Morgan fingerprint density at radius 1 is 1.21 bits per heavy atom. The van der Waals surface area contributed by atoms with Crippen molar-refractivity contribution in [3.8, 4) is 0 Å². The molecule has 4 rings (SSSR count). The highest BCUT2D eigenvalue weighted by molar-refractivity contribution is 7.99. The molecule has 2 aromatic rings. The average molecular weight is 434 g/mol. The Bertz CT molecular complexity index is 912. The molecule has 2 aromatic heterocycles. The van der Waals surface area contributed by atoms with Crippen molar-refractivity contribution in [2.24, 2.45) is 22.7 Å². The molecule has 2 fully saturated rings. The largest absolute Gasteiger partial charge is 0.403 e. The number of nitrogen functional groups attached to an aromatic ring is 1. The summed E-state index contributed by atoms with van der Waals surface area (Å²) in [6.45, 7) is 2.41. The molecular weight excluding hydrogens is 410 g/mol. The van der Waals surface area contributed by atoms with Gasteiger partial charge in [0, 0.05) is 42.3 Å². The third-order valence-corrected chi connectivity index (χ3v) is 7.25. The Morgan fingerprint density at radius 3 is 2.59 bits per heavy atom. The second-order valence-corrected chi connectivity index (χ2v) is 8.81. The maximum Gasteiger partial charge on any atom is 0.147 e. The fourth-order valence-electron chi connectivity index (χ4n) is 4.03. The first-order valence-electron chi connectivity index (χ1n) is 9.28. The van der Waals surface area contributed by atoms with E-state index in [0.717, 1.165) is 53.9 Å². The number of halogens is 1. The molecular formula is C18H24ClN9S. The predicted octanol–water partition coefficient (Wildman–Crippen LogP) is 1.16. The van der Waals surface area contributed by atoms with E-state index < -0.39 is 0 Å². The average Bonchev–Trinajstić information content (AvgIpc) is 2.95. The molecule has 29 heavy (non-hydrogen) atoms. The quantitative estimate of drug-likeness (QED) is 0.519. The van der Waals surface area contributed by atoms with Gasteiger partial charge in [-0.25, -0.2) is 20.8 Å². The highest BCUT2D eigenvalue weighted by atomic mass is 35.5.